The molecular weight excluding hydrogens is 406 g/mol. The van der Waals surface area contributed by atoms with Crippen molar-refractivity contribution in [3.63, 3.8) is 0 Å². The zero-order valence-corrected chi connectivity index (χ0v) is 16.2. The van der Waals surface area contributed by atoms with Crippen LogP contribution in [0.15, 0.2) is 53.4 Å². The molecule has 1 atom stereocenters. The minimum Gasteiger partial charge on any atom is -0.497 e. The van der Waals surface area contributed by atoms with Crippen LogP contribution in [0, 0.1) is 5.92 Å². The highest BCUT2D eigenvalue weighted by atomic mass is 32.2. The molecule has 0 radical (unpaired) electrons. The molecule has 1 unspecified atom stereocenters. The van der Waals surface area contributed by atoms with E-state index in [1.807, 2.05) is 0 Å². The van der Waals surface area contributed by atoms with Gasteiger partial charge in [0.15, 0.2) is 0 Å². The molecule has 0 aliphatic carbocycles. The second-order valence-electron chi connectivity index (χ2n) is 6.40. The van der Waals surface area contributed by atoms with Gasteiger partial charge in [0.1, 0.15) is 5.75 Å². The Balaban J connectivity index is 1.79. The Morgan fingerprint density at radius 2 is 1.93 bits per heavy atom. The lowest BCUT2D eigenvalue weighted by atomic mass is 10.1. The number of para-hydroxylation sites is 1. The van der Waals surface area contributed by atoms with Gasteiger partial charge in [-0.05, 0) is 24.3 Å². The lowest BCUT2D eigenvalue weighted by molar-refractivity contribution is -0.122. The first kappa shape index (κ1) is 20.7. The summed E-state index contributed by atoms with van der Waals surface area (Å²) in [5, 5.41) is 2.37. The van der Waals surface area contributed by atoms with Crippen LogP contribution in [0.25, 0.3) is 0 Å². The molecule has 29 heavy (non-hydrogen) atoms. The minimum absolute atomic E-state index is 0.0710. The number of hydrogen-bond acceptors (Lipinski definition) is 5. The topological polar surface area (TPSA) is 92.8 Å². The molecule has 0 spiro atoms. The average Bonchev–Trinajstić information content (AvgIpc) is 3.10. The molecule has 7 nitrogen and oxygen atoms in total. The van der Waals surface area contributed by atoms with Crippen LogP contribution in [-0.2, 0) is 19.4 Å². The largest absolute Gasteiger partial charge is 0.497 e. The lowest BCUT2D eigenvalue weighted by Crippen LogP contribution is -2.28. The fourth-order valence-corrected chi connectivity index (χ4v) is 3.95. The number of halogens is 2. The number of nitrogens with one attached hydrogen (secondary N) is 1. The zero-order valence-electron chi connectivity index (χ0n) is 15.3. The smallest absolute Gasteiger partial charge is 0.341 e. The summed E-state index contributed by atoms with van der Waals surface area (Å²) in [7, 11) is -3.40. The maximum absolute atomic E-state index is 12.9. The van der Waals surface area contributed by atoms with E-state index in [1.54, 1.807) is 24.3 Å². The van der Waals surface area contributed by atoms with Crippen LogP contribution in [-0.4, -0.2) is 39.6 Å². The Hall–Kier alpha value is -3.01. The molecule has 1 aliphatic rings. The van der Waals surface area contributed by atoms with Gasteiger partial charge in [-0.25, -0.2) is 8.42 Å². The summed E-state index contributed by atoms with van der Waals surface area (Å²) in [6.45, 7) is 0.0710. The fraction of sp³-hybridized carbons (Fsp3) is 0.263. The van der Waals surface area contributed by atoms with Gasteiger partial charge in [0.2, 0.25) is 21.7 Å². The van der Waals surface area contributed by atoms with Gasteiger partial charge >= 0.3 is 5.76 Å². The first-order valence-electron chi connectivity index (χ1n) is 8.60. The van der Waals surface area contributed by atoms with Crippen molar-refractivity contribution in [1.29, 1.82) is 0 Å². The fourth-order valence-electron chi connectivity index (χ4n) is 3.06. The van der Waals surface area contributed by atoms with Crippen molar-refractivity contribution in [1.82, 2.24) is 0 Å². The number of anilines is 2. The van der Waals surface area contributed by atoms with E-state index in [9.17, 15) is 26.8 Å². The summed E-state index contributed by atoms with van der Waals surface area (Å²) in [6, 6.07) is 11.7. The number of amides is 2. The van der Waals surface area contributed by atoms with Crippen molar-refractivity contribution in [2.45, 2.75) is 17.1 Å². The summed E-state index contributed by atoms with van der Waals surface area (Å²) < 4.78 is 54.6. The molecule has 1 saturated heterocycles. The first-order valence-corrected chi connectivity index (χ1v) is 10.1. The monoisotopic (exact) mass is 424 g/mol. The van der Waals surface area contributed by atoms with Crippen molar-refractivity contribution in [3.8, 4) is 5.75 Å². The van der Waals surface area contributed by atoms with E-state index in [-0.39, 0.29) is 24.6 Å². The highest BCUT2D eigenvalue weighted by Gasteiger charge is 2.36. The quantitative estimate of drug-likeness (QED) is 0.770. The number of carbonyl (C=O) groups is 2. The summed E-state index contributed by atoms with van der Waals surface area (Å²) in [5.74, 6) is -4.74. The predicted molar refractivity (Wildman–Crippen MR) is 102 cm³/mol. The third-order valence-electron chi connectivity index (χ3n) is 4.55. The van der Waals surface area contributed by atoms with Gasteiger partial charge in [-0.2, -0.15) is 8.78 Å². The molecule has 0 bridgehead atoms. The van der Waals surface area contributed by atoms with Gasteiger partial charge in [-0.1, -0.05) is 18.2 Å². The number of methoxy groups -OCH3 is 1. The van der Waals surface area contributed by atoms with Crippen molar-refractivity contribution in [3.05, 3.63) is 48.5 Å². The van der Waals surface area contributed by atoms with Gasteiger partial charge < -0.3 is 15.0 Å². The SMILES string of the molecule is COc1cccc(N2CC(C(=O)Nc3ccccc3S(=O)(=O)C(F)F)CC2=O)c1. The maximum atomic E-state index is 12.9. The zero-order chi connectivity index (χ0) is 21.2. The lowest BCUT2D eigenvalue weighted by Gasteiger charge is -2.18. The Kier molecular flexibility index (Phi) is 5.83. The molecule has 0 aromatic heterocycles. The summed E-state index contributed by atoms with van der Waals surface area (Å²) in [5.41, 5.74) is 0.315. The number of nitrogens with zero attached hydrogens (tertiary/aromatic N) is 1. The second-order valence-corrected chi connectivity index (χ2v) is 8.28. The van der Waals surface area contributed by atoms with Crippen LogP contribution in [0.2, 0.25) is 0 Å². The van der Waals surface area contributed by atoms with E-state index in [1.165, 1.54) is 30.2 Å². The number of rotatable bonds is 6. The molecule has 10 heteroatoms. The van der Waals surface area contributed by atoms with Crippen LogP contribution in [0.1, 0.15) is 6.42 Å². The molecule has 1 fully saturated rings. The maximum Gasteiger partial charge on any atom is 0.341 e. The highest BCUT2D eigenvalue weighted by Crippen LogP contribution is 2.30. The predicted octanol–water partition coefficient (Wildman–Crippen LogP) is 2.68. The van der Waals surface area contributed by atoms with E-state index >= 15 is 0 Å². The number of alkyl halides is 2. The standard InChI is InChI=1S/C19H18F2N2O5S/c1-28-14-6-4-5-13(10-14)23-11-12(9-17(23)24)18(25)22-15-7-2-3-8-16(15)29(26,27)19(20)21/h2-8,10,12,19H,9,11H2,1H3,(H,22,25). The second kappa shape index (κ2) is 8.16. The highest BCUT2D eigenvalue weighted by molar-refractivity contribution is 7.91. The molecule has 0 saturated carbocycles. The Morgan fingerprint density at radius 3 is 2.62 bits per heavy atom. The van der Waals surface area contributed by atoms with E-state index in [4.69, 9.17) is 4.74 Å². The molecule has 1 heterocycles. The Morgan fingerprint density at radius 1 is 1.21 bits per heavy atom. The van der Waals surface area contributed by atoms with Crippen molar-refractivity contribution < 1.29 is 31.5 Å². The third kappa shape index (κ3) is 4.21. The number of sulfone groups is 1. The van der Waals surface area contributed by atoms with Crippen LogP contribution in [0.5, 0.6) is 5.75 Å². The third-order valence-corrected chi connectivity index (χ3v) is 5.99. The molecule has 2 aromatic rings. The van der Waals surface area contributed by atoms with Crippen LogP contribution < -0.4 is 15.0 Å². The molecule has 3 rings (SSSR count). The van der Waals surface area contributed by atoms with Gasteiger partial charge in [-0.3, -0.25) is 9.59 Å². The van der Waals surface area contributed by atoms with Crippen molar-refractivity contribution in [2.24, 2.45) is 5.92 Å². The van der Waals surface area contributed by atoms with Crippen LogP contribution >= 0.6 is 0 Å². The average molecular weight is 424 g/mol. The van der Waals surface area contributed by atoms with Gasteiger partial charge in [-0.15, -0.1) is 0 Å². The summed E-state index contributed by atoms with van der Waals surface area (Å²) >= 11 is 0. The summed E-state index contributed by atoms with van der Waals surface area (Å²) in [6.07, 6.45) is -0.0905. The minimum atomic E-state index is -4.89. The Bertz CT molecular complexity index is 1040. The molecule has 2 aromatic carbocycles. The van der Waals surface area contributed by atoms with Crippen molar-refractivity contribution >= 4 is 33.0 Å². The number of ether oxygens (including phenoxy) is 1. The van der Waals surface area contributed by atoms with E-state index in [0.29, 0.717) is 11.4 Å². The van der Waals surface area contributed by atoms with E-state index in [0.717, 1.165) is 6.07 Å². The van der Waals surface area contributed by atoms with E-state index < -0.39 is 32.3 Å². The molecular formula is C19H18F2N2O5S. The van der Waals surface area contributed by atoms with Crippen LogP contribution in [0.4, 0.5) is 20.2 Å². The van der Waals surface area contributed by atoms with Gasteiger partial charge in [0.25, 0.3) is 0 Å². The Labute approximate surface area is 166 Å². The number of benzene rings is 2. The van der Waals surface area contributed by atoms with Crippen LogP contribution in [0.3, 0.4) is 0 Å². The van der Waals surface area contributed by atoms with Crippen molar-refractivity contribution in [2.75, 3.05) is 23.9 Å². The van der Waals surface area contributed by atoms with E-state index in [2.05, 4.69) is 5.32 Å². The number of carbonyl (C=O) groups excluding carboxylic acids is 2. The van der Waals surface area contributed by atoms with Gasteiger partial charge in [0, 0.05) is 24.7 Å². The first-order chi connectivity index (χ1) is 13.7. The number of hydrogen-bond donors (Lipinski definition) is 1. The normalized spacial score (nSPS) is 16.9. The molecule has 1 aliphatic heterocycles. The molecule has 2 amide bonds. The molecule has 154 valence electrons. The summed E-state index contributed by atoms with van der Waals surface area (Å²) in [4.78, 5) is 25.7. The van der Waals surface area contributed by atoms with Gasteiger partial charge in [0.05, 0.1) is 23.6 Å². The molecule has 1 N–H and O–H groups in total.